The highest BCUT2D eigenvalue weighted by atomic mass is 16.5. The highest BCUT2D eigenvalue weighted by Gasteiger charge is 2.07. The normalized spacial score (nSPS) is 10.5. The van der Waals surface area contributed by atoms with Crippen LogP contribution < -0.4 is 4.74 Å². The number of phenols is 1. The van der Waals surface area contributed by atoms with Crippen LogP contribution in [0.2, 0.25) is 0 Å². The third-order valence-corrected chi connectivity index (χ3v) is 3.42. The lowest BCUT2D eigenvalue weighted by Crippen LogP contribution is -1.91. The average molecular weight is 270 g/mol. The van der Waals surface area contributed by atoms with Gasteiger partial charge in [-0.25, -0.2) is 0 Å². The molecule has 0 saturated heterocycles. The molecule has 0 amide bonds. The molecule has 2 aromatic rings. The number of para-hydroxylation sites is 1. The van der Waals surface area contributed by atoms with E-state index in [2.05, 4.69) is 13.8 Å². The third-order valence-electron chi connectivity index (χ3n) is 3.42. The van der Waals surface area contributed by atoms with E-state index in [1.54, 1.807) is 6.07 Å². The molecule has 0 radical (unpaired) electrons. The predicted molar refractivity (Wildman–Crippen MR) is 82.6 cm³/mol. The van der Waals surface area contributed by atoms with Gasteiger partial charge in [-0.2, -0.15) is 0 Å². The predicted octanol–water partition coefficient (Wildman–Crippen LogP) is 5.09. The van der Waals surface area contributed by atoms with Crippen LogP contribution >= 0.6 is 0 Å². The molecule has 0 aliphatic heterocycles. The number of ether oxygens (including phenoxy) is 1. The van der Waals surface area contributed by atoms with Gasteiger partial charge in [0.15, 0.2) is 11.5 Å². The first-order valence-corrected chi connectivity index (χ1v) is 7.32. The van der Waals surface area contributed by atoms with E-state index < -0.39 is 0 Å². The van der Waals surface area contributed by atoms with Gasteiger partial charge in [-0.05, 0) is 48.6 Å². The summed E-state index contributed by atoms with van der Waals surface area (Å²) in [7, 11) is 0. The van der Waals surface area contributed by atoms with Crippen molar-refractivity contribution in [3.63, 3.8) is 0 Å². The molecule has 2 nitrogen and oxygen atoms in total. The summed E-state index contributed by atoms with van der Waals surface area (Å²) in [5.41, 5.74) is 2.29. The van der Waals surface area contributed by atoms with Gasteiger partial charge in [-0.1, -0.05) is 44.5 Å². The Morgan fingerprint density at radius 1 is 1.00 bits per heavy atom. The zero-order chi connectivity index (χ0) is 14.4. The summed E-state index contributed by atoms with van der Waals surface area (Å²) in [5.74, 6) is 1.54. The molecule has 2 rings (SSSR count). The fraction of sp³-hybridized carbons (Fsp3) is 0.333. The van der Waals surface area contributed by atoms with E-state index in [0.717, 1.165) is 42.6 Å². The Morgan fingerprint density at radius 3 is 2.50 bits per heavy atom. The first-order chi connectivity index (χ1) is 9.74. The quantitative estimate of drug-likeness (QED) is 0.792. The molecule has 2 aromatic carbocycles. The van der Waals surface area contributed by atoms with Crippen molar-refractivity contribution in [3.8, 4) is 17.2 Å². The number of aryl methyl sites for hydroxylation is 2. The van der Waals surface area contributed by atoms with E-state index in [0.29, 0.717) is 5.75 Å². The maximum absolute atomic E-state index is 10.1. The van der Waals surface area contributed by atoms with Gasteiger partial charge in [-0.15, -0.1) is 0 Å². The van der Waals surface area contributed by atoms with Gasteiger partial charge >= 0.3 is 0 Å². The van der Waals surface area contributed by atoms with Crippen molar-refractivity contribution >= 4 is 0 Å². The van der Waals surface area contributed by atoms with Crippen molar-refractivity contribution in [2.45, 2.75) is 39.5 Å². The summed E-state index contributed by atoms with van der Waals surface area (Å²) in [4.78, 5) is 0. The zero-order valence-corrected chi connectivity index (χ0v) is 12.2. The number of hydrogen-bond donors (Lipinski definition) is 1. The summed E-state index contributed by atoms with van der Waals surface area (Å²) >= 11 is 0. The minimum absolute atomic E-state index is 0.213. The van der Waals surface area contributed by atoms with Gasteiger partial charge in [0.05, 0.1) is 0 Å². The second-order valence-corrected chi connectivity index (χ2v) is 4.97. The lowest BCUT2D eigenvalue weighted by Gasteiger charge is -2.12. The lowest BCUT2D eigenvalue weighted by atomic mass is 10.1. The first-order valence-electron chi connectivity index (χ1n) is 7.32. The van der Waals surface area contributed by atoms with Crippen LogP contribution in [0, 0.1) is 0 Å². The third kappa shape index (κ3) is 3.53. The van der Waals surface area contributed by atoms with E-state index in [9.17, 15) is 5.11 Å². The minimum Gasteiger partial charge on any atom is -0.504 e. The zero-order valence-electron chi connectivity index (χ0n) is 12.2. The summed E-state index contributed by atoms with van der Waals surface area (Å²) in [5, 5.41) is 10.1. The maximum Gasteiger partial charge on any atom is 0.169 e. The Morgan fingerprint density at radius 2 is 1.80 bits per heavy atom. The Balaban J connectivity index is 2.17. The maximum atomic E-state index is 10.1. The fourth-order valence-electron chi connectivity index (χ4n) is 2.20. The Kier molecular flexibility index (Phi) is 5.05. The molecule has 0 aliphatic rings. The van der Waals surface area contributed by atoms with Gasteiger partial charge in [0.1, 0.15) is 5.75 Å². The Labute approximate surface area is 121 Å². The molecule has 0 aromatic heterocycles. The van der Waals surface area contributed by atoms with Gasteiger partial charge in [0, 0.05) is 0 Å². The fourth-order valence-corrected chi connectivity index (χ4v) is 2.20. The van der Waals surface area contributed by atoms with Crippen molar-refractivity contribution in [2.24, 2.45) is 0 Å². The highest BCUT2D eigenvalue weighted by Crippen LogP contribution is 2.33. The van der Waals surface area contributed by atoms with Crippen LogP contribution in [0.15, 0.2) is 42.5 Å². The number of unbranched alkanes of at least 4 members (excludes halogenated alkanes) is 1. The van der Waals surface area contributed by atoms with Gasteiger partial charge in [-0.3, -0.25) is 0 Å². The molecular weight excluding hydrogens is 248 g/mol. The van der Waals surface area contributed by atoms with Crippen molar-refractivity contribution in [1.82, 2.24) is 0 Å². The summed E-state index contributed by atoms with van der Waals surface area (Å²) in [6.45, 7) is 4.26. The molecule has 0 spiro atoms. The topological polar surface area (TPSA) is 29.5 Å². The van der Waals surface area contributed by atoms with E-state index in [4.69, 9.17) is 4.74 Å². The van der Waals surface area contributed by atoms with Crippen LogP contribution in [-0.4, -0.2) is 5.11 Å². The molecule has 0 heterocycles. The van der Waals surface area contributed by atoms with Gasteiger partial charge < -0.3 is 9.84 Å². The van der Waals surface area contributed by atoms with Crippen LogP contribution in [0.3, 0.4) is 0 Å². The van der Waals surface area contributed by atoms with Crippen LogP contribution in [0.5, 0.6) is 17.2 Å². The Hall–Kier alpha value is -1.96. The molecule has 0 atom stereocenters. The number of hydrogen-bond acceptors (Lipinski definition) is 2. The van der Waals surface area contributed by atoms with Crippen molar-refractivity contribution in [1.29, 1.82) is 0 Å². The van der Waals surface area contributed by atoms with E-state index in [1.165, 1.54) is 0 Å². The minimum atomic E-state index is 0.213. The molecule has 1 N–H and O–H groups in total. The van der Waals surface area contributed by atoms with Crippen molar-refractivity contribution in [2.75, 3.05) is 0 Å². The molecule has 106 valence electrons. The molecule has 0 unspecified atom stereocenters. The van der Waals surface area contributed by atoms with E-state index in [-0.39, 0.29) is 5.75 Å². The van der Waals surface area contributed by atoms with Gasteiger partial charge in [0.25, 0.3) is 0 Å². The lowest BCUT2D eigenvalue weighted by molar-refractivity contribution is 0.408. The number of aromatic hydroxyl groups is 1. The second kappa shape index (κ2) is 6.99. The van der Waals surface area contributed by atoms with Crippen LogP contribution in [0.1, 0.15) is 37.8 Å². The van der Waals surface area contributed by atoms with Gasteiger partial charge in [0.2, 0.25) is 0 Å². The number of phenolic OH excluding ortho intramolecular Hbond substituents is 1. The highest BCUT2D eigenvalue weighted by molar-refractivity contribution is 5.46. The summed E-state index contributed by atoms with van der Waals surface area (Å²) in [6, 6.07) is 13.6. The van der Waals surface area contributed by atoms with Crippen LogP contribution in [0.25, 0.3) is 0 Å². The van der Waals surface area contributed by atoms with Crippen molar-refractivity contribution < 1.29 is 9.84 Å². The SMILES string of the molecule is CCCCc1ccc(Oc2ccccc2CC)c(O)c1. The number of benzene rings is 2. The largest absolute Gasteiger partial charge is 0.504 e. The van der Waals surface area contributed by atoms with Crippen molar-refractivity contribution in [3.05, 3.63) is 53.6 Å². The molecule has 0 aliphatic carbocycles. The smallest absolute Gasteiger partial charge is 0.169 e. The van der Waals surface area contributed by atoms with E-state index in [1.807, 2.05) is 36.4 Å². The average Bonchev–Trinajstić information content (AvgIpc) is 2.48. The second-order valence-electron chi connectivity index (χ2n) is 4.97. The Bertz CT molecular complexity index is 561. The standard InChI is InChI=1S/C18H22O2/c1-3-5-8-14-11-12-18(16(19)13-14)20-17-10-7-6-9-15(17)4-2/h6-7,9-13,19H,3-5,8H2,1-2H3. The summed E-state index contributed by atoms with van der Waals surface area (Å²) in [6.07, 6.45) is 4.20. The van der Waals surface area contributed by atoms with Crippen LogP contribution in [-0.2, 0) is 12.8 Å². The molecular formula is C18H22O2. The first kappa shape index (κ1) is 14.4. The summed E-state index contributed by atoms with van der Waals surface area (Å²) < 4.78 is 5.84. The molecule has 2 heteroatoms. The molecule has 0 bridgehead atoms. The monoisotopic (exact) mass is 270 g/mol. The molecule has 0 saturated carbocycles. The molecule has 20 heavy (non-hydrogen) atoms. The van der Waals surface area contributed by atoms with E-state index >= 15 is 0 Å². The number of rotatable bonds is 6. The molecule has 0 fully saturated rings. The van der Waals surface area contributed by atoms with Crippen LogP contribution in [0.4, 0.5) is 0 Å².